The van der Waals surface area contributed by atoms with Crippen molar-refractivity contribution in [3.63, 3.8) is 0 Å². The SMILES string of the molecule is CC1CN(Cc2ccc(OCCCN3CCCCC3)cc2)C(=O)NC1=O. The third-order valence-corrected chi connectivity index (χ3v) is 5.09. The number of carbonyl (C=O) groups excluding carboxylic acids is 2. The molecule has 3 amide bonds. The molecule has 1 aromatic carbocycles. The number of nitrogens with one attached hydrogen (secondary N) is 1. The zero-order valence-corrected chi connectivity index (χ0v) is 15.6. The van der Waals surface area contributed by atoms with Gasteiger partial charge in [-0.3, -0.25) is 10.1 Å². The Morgan fingerprint density at radius 2 is 1.85 bits per heavy atom. The van der Waals surface area contributed by atoms with Crippen LogP contribution in [-0.4, -0.2) is 54.5 Å². The van der Waals surface area contributed by atoms with Crippen molar-refractivity contribution in [2.45, 2.75) is 39.2 Å². The number of hydrogen-bond donors (Lipinski definition) is 1. The molecule has 0 saturated carbocycles. The van der Waals surface area contributed by atoms with Crippen molar-refractivity contribution in [2.75, 3.05) is 32.8 Å². The fraction of sp³-hybridized carbons (Fsp3) is 0.600. The first-order valence-corrected chi connectivity index (χ1v) is 9.65. The Morgan fingerprint density at radius 3 is 2.58 bits per heavy atom. The maximum Gasteiger partial charge on any atom is 0.324 e. The van der Waals surface area contributed by atoms with Crippen molar-refractivity contribution >= 4 is 11.9 Å². The molecule has 3 rings (SSSR count). The van der Waals surface area contributed by atoms with Gasteiger partial charge in [-0.25, -0.2) is 4.79 Å². The van der Waals surface area contributed by atoms with E-state index >= 15 is 0 Å². The number of amides is 3. The Labute approximate surface area is 155 Å². The van der Waals surface area contributed by atoms with Gasteiger partial charge in [-0.2, -0.15) is 0 Å². The Morgan fingerprint density at radius 1 is 1.12 bits per heavy atom. The molecule has 2 heterocycles. The zero-order valence-electron chi connectivity index (χ0n) is 15.6. The zero-order chi connectivity index (χ0) is 18.4. The molecule has 2 saturated heterocycles. The standard InChI is InChI=1S/C20H29N3O3/c1-16-14-23(20(25)21-19(16)24)15-17-6-8-18(9-7-17)26-13-5-12-22-10-3-2-4-11-22/h6-9,16H,2-5,10-15H2,1H3,(H,21,24,25). The average molecular weight is 359 g/mol. The first-order valence-electron chi connectivity index (χ1n) is 9.65. The van der Waals surface area contributed by atoms with Gasteiger partial charge in [0, 0.05) is 19.6 Å². The molecule has 0 aromatic heterocycles. The number of imide groups is 1. The molecule has 1 aromatic rings. The molecule has 142 valence electrons. The molecule has 0 spiro atoms. The van der Waals surface area contributed by atoms with Crippen LogP contribution in [0, 0.1) is 5.92 Å². The predicted molar refractivity (Wildman–Crippen MR) is 100.0 cm³/mol. The number of hydrogen-bond acceptors (Lipinski definition) is 4. The Bertz CT molecular complexity index is 611. The van der Waals surface area contributed by atoms with Gasteiger partial charge < -0.3 is 14.5 Å². The number of urea groups is 1. The van der Waals surface area contributed by atoms with Crippen LogP contribution in [0.25, 0.3) is 0 Å². The van der Waals surface area contributed by atoms with E-state index in [9.17, 15) is 9.59 Å². The highest BCUT2D eigenvalue weighted by atomic mass is 16.5. The second-order valence-electron chi connectivity index (χ2n) is 7.32. The first-order chi connectivity index (χ1) is 12.6. The van der Waals surface area contributed by atoms with Gasteiger partial charge in [-0.05, 0) is 50.0 Å². The van der Waals surface area contributed by atoms with E-state index in [4.69, 9.17) is 4.74 Å². The van der Waals surface area contributed by atoms with Crippen molar-refractivity contribution in [3.8, 4) is 5.75 Å². The predicted octanol–water partition coefficient (Wildman–Crippen LogP) is 2.63. The van der Waals surface area contributed by atoms with E-state index in [1.165, 1.54) is 32.4 Å². The third kappa shape index (κ3) is 5.21. The van der Waals surface area contributed by atoms with E-state index < -0.39 is 0 Å². The quantitative estimate of drug-likeness (QED) is 0.760. The van der Waals surface area contributed by atoms with Gasteiger partial charge in [0.1, 0.15) is 5.75 Å². The number of nitrogens with zero attached hydrogens (tertiary/aromatic N) is 2. The summed E-state index contributed by atoms with van der Waals surface area (Å²) in [6, 6.07) is 7.55. The highest BCUT2D eigenvalue weighted by molar-refractivity contribution is 5.97. The van der Waals surface area contributed by atoms with E-state index in [0.29, 0.717) is 13.1 Å². The minimum Gasteiger partial charge on any atom is -0.494 e. The topological polar surface area (TPSA) is 61.9 Å². The maximum absolute atomic E-state index is 11.9. The van der Waals surface area contributed by atoms with Gasteiger partial charge in [-0.15, -0.1) is 0 Å². The minimum atomic E-state index is -0.314. The van der Waals surface area contributed by atoms with Crippen LogP contribution in [0.5, 0.6) is 5.75 Å². The highest BCUT2D eigenvalue weighted by Crippen LogP contribution is 2.16. The summed E-state index contributed by atoms with van der Waals surface area (Å²) in [5.41, 5.74) is 1.03. The second-order valence-corrected chi connectivity index (χ2v) is 7.32. The molecule has 2 aliphatic heterocycles. The molecule has 1 unspecified atom stereocenters. The van der Waals surface area contributed by atoms with Gasteiger partial charge >= 0.3 is 6.03 Å². The molecule has 6 heteroatoms. The molecular weight excluding hydrogens is 330 g/mol. The van der Waals surface area contributed by atoms with Gasteiger partial charge in [0.2, 0.25) is 5.91 Å². The number of benzene rings is 1. The summed E-state index contributed by atoms with van der Waals surface area (Å²) in [5, 5.41) is 2.39. The first kappa shape index (κ1) is 18.7. The Kier molecular flexibility index (Phi) is 6.50. The van der Waals surface area contributed by atoms with Crippen LogP contribution in [0.1, 0.15) is 38.2 Å². The van der Waals surface area contributed by atoms with E-state index in [-0.39, 0.29) is 17.9 Å². The number of rotatable bonds is 7. The molecule has 26 heavy (non-hydrogen) atoms. The monoisotopic (exact) mass is 359 g/mol. The lowest BCUT2D eigenvalue weighted by Gasteiger charge is -2.30. The summed E-state index contributed by atoms with van der Waals surface area (Å²) in [4.78, 5) is 27.6. The van der Waals surface area contributed by atoms with Gasteiger partial charge in [0.25, 0.3) is 0 Å². The van der Waals surface area contributed by atoms with Gasteiger partial charge in [0.05, 0.1) is 12.5 Å². The lowest BCUT2D eigenvalue weighted by molar-refractivity contribution is -0.125. The molecule has 2 fully saturated rings. The molecule has 0 radical (unpaired) electrons. The fourth-order valence-electron chi connectivity index (χ4n) is 3.51. The van der Waals surface area contributed by atoms with E-state index in [2.05, 4.69) is 10.2 Å². The average Bonchev–Trinajstić information content (AvgIpc) is 2.65. The molecule has 0 bridgehead atoms. The largest absolute Gasteiger partial charge is 0.494 e. The molecule has 2 aliphatic rings. The lowest BCUT2D eigenvalue weighted by Crippen LogP contribution is -2.53. The fourth-order valence-corrected chi connectivity index (χ4v) is 3.51. The summed E-state index contributed by atoms with van der Waals surface area (Å²) < 4.78 is 5.83. The number of piperidine rings is 1. The van der Waals surface area contributed by atoms with Crippen molar-refractivity contribution < 1.29 is 14.3 Å². The van der Waals surface area contributed by atoms with Gasteiger partial charge in [-0.1, -0.05) is 25.5 Å². The van der Waals surface area contributed by atoms with Crippen LogP contribution in [-0.2, 0) is 11.3 Å². The molecule has 1 N–H and O–H groups in total. The normalized spacial score (nSPS) is 21.6. The van der Waals surface area contributed by atoms with Gasteiger partial charge in [0.15, 0.2) is 0 Å². The van der Waals surface area contributed by atoms with Crippen LogP contribution >= 0.6 is 0 Å². The molecule has 6 nitrogen and oxygen atoms in total. The van der Waals surface area contributed by atoms with Crippen molar-refractivity contribution in [2.24, 2.45) is 5.92 Å². The minimum absolute atomic E-state index is 0.171. The smallest absolute Gasteiger partial charge is 0.324 e. The Hall–Kier alpha value is -2.08. The maximum atomic E-state index is 11.9. The molecular formula is C20H29N3O3. The molecule has 0 aliphatic carbocycles. The third-order valence-electron chi connectivity index (χ3n) is 5.09. The van der Waals surface area contributed by atoms with Crippen LogP contribution in [0.3, 0.4) is 0 Å². The summed E-state index contributed by atoms with van der Waals surface area (Å²) in [7, 11) is 0. The van der Waals surface area contributed by atoms with Crippen LogP contribution < -0.4 is 10.1 Å². The van der Waals surface area contributed by atoms with E-state index in [0.717, 1.165) is 30.9 Å². The number of carbonyl (C=O) groups is 2. The summed E-state index contributed by atoms with van der Waals surface area (Å²) >= 11 is 0. The number of ether oxygens (including phenoxy) is 1. The van der Waals surface area contributed by atoms with Crippen LogP contribution in [0.4, 0.5) is 4.79 Å². The summed E-state index contributed by atoms with van der Waals surface area (Å²) in [6.07, 6.45) is 5.06. The van der Waals surface area contributed by atoms with Crippen molar-refractivity contribution in [3.05, 3.63) is 29.8 Å². The van der Waals surface area contributed by atoms with E-state index in [1.54, 1.807) is 4.90 Å². The summed E-state index contributed by atoms with van der Waals surface area (Å²) in [5.74, 6) is 0.494. The van der Waals surface area contributed by atoms with Crippen LogP contribution in [0.2, 0.25) is 0 Å². The van der Waals surface area contributed by atoms with Crippen molar-refractivity contribution in [1.82, 2.24) is 15.1 Å². The van der Waals surface area contributed by atoms with E-state index in [1.807, 2.05) is 31.2 Å². The summed E-state index contributed by atoms with van der Waals surface area (Å²) in [6.45, 7) is 7.07. The Balaban J connectivity index is 1.40. The molecule has 1 atom stereocenters. The lowest BCUT2D eigenvalue weighted by atomic mass is 10.1. The van der Waals surface area contributed by atoms with Crippen molar-refractivity contribution in [1.29, 1.82) is 0 Å². The number of likely N-dealkylation sites (tertiary alicyclic amines) is 1. The second kappa shape index (κ2) is 9.03. The highest BCUT2D eigenvalue weighted by Gasteiger charge is 2.28. The van der Waals surface area contributed by atoms with Crippen LogP contribution in [0.15, 0.2) is 24.3 Å².